The van der Waals surface area contributed by atoms with Gasteiger partial charge >= 0.3 is 0 Å². The van der Waals surface area contributed by atoms with E-state index in [0.29, 0.717) is 5.76 Å². The molecule has 3 rings (SSSR count). The van der Waals surface area contributed by atoms with Gasteiger partial charge in [0.2, 0.25) is 0 Å². The molecule has 0 bridgehead atoms. The molecule has 0 radical (unpaired) electrons. The summed E-state index contributed by atoms with van der Waals surface area (Å²) in [5.74, 6) is 0.339. The molecule has 0 fully saturated rings. The van der Waals surface area contributed by atoms with Crippen LogP contribution in [0.4, 0.5) is 0 Å². The Balaban J connectivity index is 2.19. The van der Waals surface area contributed by atoms with Crippen molar-refractivity contribution in [3.63, 3.8) is 0 Å². The maximum absolute atomic E-state index is 10.2. The van der Waals surface area contributed by atoms with Gasteiger partial charge in [0.15, 0.2) is 0 Å². The quantitative estimate of drug-likeness (QED) is 0.812. The average molecular weight is 238 g/mol. The van der Waals surface area contributed by atoms with Crippen LogP contribution in [-0.4, -0.2) is 14.9 Å². The van der Waals surface area contributed by atoms with Crippen LogP contribution in [0.3, 0.4) is 0 Å². The Labute approximate surface area is 105 Å². The van der Waals surface area contributed by atoms with Gasteiger partial charge in [0.25, 0.3) is 0 Å². The molecule has 0 saturated heterocycles. The molecule has 0 unspecified atom stereocenters. The molecule has 0 aliphatic heterocycles. The highest BCUT2D eigenvalue weighted by atomic mass is 16.3. The molecule has 1 heterocycles. The molecule has 0 saturated carbocycles. The van der Waals surface area contributed by atoms with E-state index in [4.69, 9.17) is 0 Å². The Morgan fingerprint density at radius 1 is 1.28 bits per heavy atom. The second-order valence-electron chi connectivity index (χ2n) is 4.56. The largest absolute Gasteiger partial charge is 0.507 e. The van der Waals surface area contributed by atoms with E-state index in [2.05, 4.69) is 11.2 Å². The zero-order valence-corrected chi connectivity index (χ0v) is 10.4. The monoisotopic (exact) mass is 238 g/mol. The molecule has 1 N–H and O–H groups in total. The minimum atomic E-state index is 0.339. The summed E-state index contributed by atoms with van der Waals surface area (Å²) in [5, 5.41) is 16.3. The molecule has 0 atom stereocenters. The normalized spacial score (nSPS) is 15.9. The van der Waals surface area contributed by atoms with Gasteiger partial charge in [0, 0.05) is 24.0 Å². The Morgan fingerprint density at radius 2 is 2.11 bits per heavy atom. The molecule has 90 valence electrons. The number of aliphatic hydroxyl groups excluding tert-OH is 1. The number of aliphatic hydroxyl groups is 1. The third kappa shape index (κ3) is 1.64. The van der Waals surface area contributed by atoms with Gasteiger partial charge < -0.3 is 5.11 Å². The Hall–Kier alpha value is -2.29. The van der Waals surface area contributed by atoms with Crippen LogP contribution in [0.25, 0.3) is 17.9 Å². The number of nitrogens with zero attached hydrogens (tertiary/aromatic N) is 2. The fourth-order valence-electron chi connectivity index (χ4n) is 2.20. The van der Waals surface area contributed by atoms with E-state index in [9.17, 15) is 5.11 Å². The number of aryl methyl sites for hydroxylation is 2. The number of aromatic nitrogens is 2. The topological polar surface area (TPSA) is 38.0 Å². The van der Waals surface area contributed by atoms with Crippen molar-refractivity contribution in [1.29, 1.82) is 0 Å². The second kappa shape index (κ2) is 3.88. The predicted octanol–water partition coefficient (Wildman–Crippen LogP) is 1.27. The lowest BCUT2D eigenvalue weighted by molar-refractivity contribution is 0.510. The SMILES string of the molecule is Cc1ccc2c(c1)=C/C(=C\c1ccnn1C)C=2O. The molecule has 0 amide bonds. The van der Waals surface area contributed by atoms with Gasteiger partial charge in [-0.25, -0.2) is 0 Å². The van der Waals surface area contributed by atoms with Crippen LogP contribution >= 0.6 is 0 Å². The first-order chi connectivity index (χ1) is 8.65. The van der Waals surface area contributed by atoms with Crippen molar-refractivity contribution in [3.05, 3.63) is 57.7 Å². The van der Waals surface area contributed by atoms with Crippen molar-refractivity contribution in [2.45, 2.75) is 6.92 Å². The number of benzene rings is 1. The molecule has 3 heteroatoms. The number of rotatable bonds is 1. The minimum absolute atomic E-state index is 0.339. The van der Waals surface area contributed by atoms with Gasteiger partial charge in [-0.3, -0.25) is 4.68 Å². The fourth-order valence-corrected chi connectivity index (χ4v) is 2.20. The van der Waals surface area contributed by atoms with E-state index < -0.39 is 0 Å². The first-order valence-corrected chi connectivity index (χ1v) is 5.87. The highest BCUT2D eigenvalue weighted by Crippen LogP contribution is 2.15. The lowest BCUT2D eigenvalue weighted by atomic mass is 10.2. The molecule has 0 spiro atoms. The summed E-state index contributed by atoms with van der Waals surface area (Å²) in [6, 6.07) is 7.97. The third-order valence-corrected chi connectivity index (χ3v) is 3.21. The molecular formula is C15H14N2O. The molecule has 1 aliphatic rings. The summed E-state index contributed by atoms with van der Waals surface area (Å²) in [7, 11) is 1.88. The van der Waals surface area contributed by atoms with Crippen molar-refractivity contribution in [2.75, 3.05) is 0 Å². The van der Waals surface area contributed by atoms with Crippen LogP contribution < -0.4 is 10.4 Å². The van der Waals surface area contributed by atoms with Crippen molar-refractivity contribution in [3.8, 4) is 0 Å². The fraction of sp³-hybridized carbons (Fsp3) is 0.133. The first-order valence-electron chi connectivity index (χ1n) is 5.87. The zero-order chi connectivity index (χ0) is 12.7. The Bertz CT molecular complexity index is 766. The van der Waals surface area contributed by atoms with Crippen LogP contribution in [-0.2, 0) is 7.05 Å². The molecule has 1 aliphatic carbocycles. The van der Waals surface area contributed by atoms with Crippen molar-refractivity contribution < 1.29 is 5.11 Å². The van der Waals surface area contributed by atoms with Gasteiger partial charge in [-0.15, -0.1) is 0 Å². The van der Waals surface area contributed by atoms with Crippen molar-refractivity contribution in [1.82, 2.24) is 9.78 Å². The average Bonchev–Trinajstić information content (AvgIpc) is 2.86. The molecular weight excluding hydrogens is 224 g/mol. The van der Waals surface area contributed by atoms with Gasteiger partial charge in [-0.05, 0) is 30.4 Å². The summed E-state index contributed by atoms with van der Waals surface area (Å²) in [5.41, 5.74) is 3.00. The van der Waals surface area contributed by atoms with Gasteiger partial charge in [-0.1, -0.05) is 23.8 Å². The van der Waals surface area contributed by atoms with Crippen molar-refractivity contribution >= 4 is 17.9 Å². The number of hydrogen-bond acceptors (Lipinski definition) is 2. The maximum atomic E-state index is 10.2. The van der Waals surface area contributed by atoms with E-state index in [1.54, 1.807) is 10.9 Å². The van der Waals surface area contributed by atoms with E-state index in [1.807, 2.05) is 44.3 Å². The minimum Gasteiger partial charge on any atom is -0.507 e. The molecule has 1 aromatic heterocycles. The van der Waals surface area contributed by atoms with E-state index >= 15 is 0 Å². The summed E-state index contributed by atoms with van der Waals surface area (Å²) >= 11 is 0. The lowest BCUT2D eigenvalue weighted by Gasteiger charge is -1.98. The second-order valence-corrected chi connectivity index (χ2v) is 4.56. The number of hydrogen-bond donors (Lipinski definition) is 1. The lowest BCUT2D eigenvalue weighted by Crippen LogP contribution is -2.22. The van der Waals surface area contributed by atoms with Crippen LogP contribution in [0, 0.1) is 6.92 Å². The smallest absolute Gasteiger partial charge is 0.130 e. The first kappa shape index (κ1) is 10.8. The standard InChI is InChI=1S/C15H14N2O/c1-10-3-4-14-11(7-10)8-12(15(14)18)9-13-5-6-16-17(13)2/h3-9,18H,1-2H3/b12-9+. The highest BCUT2D eigenvalue weighted by Gasteiger charge is 2.10. The summed E-state index contributed by atoms with van der Waals surface area (Å²) in [4.78, 5) is 0. The molecule has 2 aromatic rings. The Kier molecular flexibility index (Phi) is 2.33. The van der Waals surface area contributed by atoms with Crippen LogP contribution in [0.15, 0.2) is 36.0 Å². The molecule has 18 heavy (non-hydrogen) atoms. The molecule has 3 nitrogen and oxygen atoms in total. The summed E-state index contributed by atoms with van der Waals surface area (Å²) in [6.07, 6.45) is 5.69. The van der Waals surface area contributed by atoms with Crippen LogP contribution in [0.5, 0.6) is 0 Å². The predicted molar refractivity (Wildman–Crippen MR) is 72.1 cm³/mol. The van der Waals surface area contributed by atoms with Gasteiger partial charge in [-0.2, -0.15) is 5.10 Å². The van der Waals surface area contributed by atoms with Crippen LogP contribution in [0.1, 0.15) is 11.3 Å². The Morgan fingerprint density at radius 3 is 2.83 bits per heavy atom. The van der Waals surface area contributed by atoms with Crippen LogP contribution in [0.2, 0.25) is 0 Å². The highest BCUT2D eigenvalue weighted by molar-refractivity contribution is 5.84. The van der Waals surface area contributed by atoms with Gasteiger partial charge in [0.05, 0.1) is 5.69 Å². The summed E-state index contributed by atoms with van der Waals surface area (Å²) < 4.78 is 1.78. The summed E-state index contributed by atoms with van der Waals surface area (Å²) in [6.45, 7) is 2.05. The molecule has 1 aromatic carbocycles. The van der Waals surface area contributed by atoms with E-state index in [-0.39, 0.29) is 0 Å². The van der Waals surface area contributed by atoms with Crippen molar-refractivity contribution in [2.24, 2.45) is 7.05 Å². The number of fused-ring (bicyclic) bond motifs is 1. The van der Waals surface area contributed by atoms with Gasteiger partial charge in [0.1, 0.15) is 5.76 Å². The third-order valence-electron chi connectivity index (χ3n) is 3.21. The van der Waals surface area contributed by atoms with E-state index in [0.717, 1.165) is 21.7 Å². The maximum Gasteiger partial charge on any atom is 0.130 e. The zero-order valence-electron chi connectivity index (χ0n) is 10.4. The van der Waals surface area contributed by atoms with E-state index in [1.165, 1.54) is 5.56 Å².